The van der Waals surface area contributed by atoms with Crippen molar-refractivity contribution in [3.63, 3.8) is 0 Å². The van der Waals surface area contributed by atoms with E-state index in [0.29, 0.717) is 11.3 Å². The van der Waals surface area contributed by atoms with Gasteiger partial charge in [-0.3, -0.25) is 15.0 Å². The number of aromatic nitrogens is 5. The molecule has 0 N–H and O–H groups in total. The van der Waals surface area contributed by atoms with E-state index in [-0.39, 0.29) is 0 Å². The van der Waals surface area contributed by atoms with E-state index < -0.39 is 5.41 Å². The maximum atomic E-state index is 9.78. The van der Waals surface area contributed by atoms with Gasteiger partial charge >= 0.3 is 0 Å². The van der Waals surface area contributed by atoms with Crippen LogP contribution in [0.15, 0.2) is 152 Å². The Labute approximate surface area is 319 Å². The van der Waals surface area contributed by atoms with Gasteiger partial charge in [-0.15, -0.1) is 0 Å². The van der Waals surface area contributed by atoms with Crippen LogP contribution < -0.4 is 4.74 Å². The van der Waals surface area contributed by atoms with Crippen LogP contribution in [-0.2, 0) is 5.41 Å². The van der Waals surface area contributed by atoms with Crippen molar-refractivity contribution in [3.8, 4) is 40.3 Å². The third-order valence-corrected chi connectivity index (χ3v) is 11.6. The minimum absolute atomic E-state index is 0.599. The van der Waals surface area contributed by atoms with Crippen molar-refractivity contribution in [1.29, 1.82) is 5.26 Å². The number of fused-ring (bicyclic) bond motifs is 15. The summed E-state index contributed by atoms with van der Waals surface area (Å²) in [6.07, 6.45) is 7.52. The molecule has 5 aromatic heterocycles. The molecule has 10 aromatic rings. The van der Waals surface area contributed by atoms with Crippen molar-refractivity contribution in [3.05, 3.63) is 191 Å². The Morgan fingerprint density at radius 2 is 1.16 bits per heavy atom. The predicted molar refractivity (Wildman–Crippen MR) is 217 cm³/mol. The molecule has 5 aromatic carbocycles. The minimum Gasteiger partial charge on any atom is -0.457 e. The van der Waals surface area contributed by atoms with Crippen molar-refractivity contribution >= 4 is 49.3 Å². The molecule has 0 radical (unpaired) electrons. The van der Waals surface area contributed by atoms with Gasteiger partial charge in [0.1, 0.15) is 11.5 Å². The van der Waals surface area contributed by atoms with Crippen molar-refractivity contribution in [2.24, 2.45) is 0 Å². The van der Waals surface area contributed by atoms with Crippen molar-refractivity contribution in [2.75, 3.05) is 0 Å². The van der Waals surface area contributed by atoms with Crippen LogP contribution in [0.25, 0.3) is 71.2 Å². The molecule has 1 aliphatic heterocycles. The molecule has 12 rings (SSSR count). The van der Waals surface area contributed by atoms with E-state index in [1.165, 1.54) is 0 Å². The fourth-order valence-electron chi connectivity index (χ4n) is 9.35. The molecule has 0 bridgehead atoms. The Morgan fingerprint density at radius 3 is 1.86 bits per heavy atom. The van der Waals surface area contributed by atoms with Crippen LogP contribution in [0, 0.1) is 17.9 Å². The predicted octanol–water partition coefficient (Wildman–Crippen LogP) is 11.0. The van der Waals surface area contributed by atoms with E-state index in [4.69, 9.17) is 21.3 Å². The van der Waals surface area contributed by atoms with E-state index >= 15 is 0 Å². The molecule has 0 atom stereocenters. The molecule has 0 unspecified atom stereocenters. The zero-order chi connectivity index (χ0) is 37.1. The molecule has 0 saturated carbocycles. The number of benzene rings is 5. The monoisotopic (exact) mass is 715 g/mol. The van der Waals surface area contributed by atoms with Gasteiger partial charge in [0.15, 0.2) is 5.69 Å². The molecule has 56 heavy (non-hydrogen) atoms. The number of nitriles is 1. The van der Waals surface area contributed by atoms with Crippen molar-refractivity contribution in [2.45, 2.75) is 5.41 Å². The summed E-state index contributed by atoms with van der Waals surface area (Å²) in [6.45, 7) is 7.71. The first-order chi connectivity index (χ1) is 27.7. The number of hydrogen-bond acceptors (Lipinski definition) is 5. The number of rotatable bonds is 2. The Hall–Kier alpha value is -8.07. The molecule has 1 spiro atoms. The van der Waals surface area contributed by atoms with Crippen LogP contribution in [-0.4, -0.2) is 24.1 Å². The zero-order valence-electron chi connectivity index (χ0n) is 29.5. The van der Waals surface area contributed by atoms with Gasteiger partial charge in [-0.25, -0.2) is 4.85 Å². The smallest absolute Gasteiger partial charge is 0.188 e. The van der Waals surface area contributed by atoms with E-state index in [1.807, 2.05) is 97.5 Å². The SMILES string of the molecule is [C-]#[N+]c1ccc2c(c1)c1ccccc1n2-c1cnc2c(c1)C1(c3ccccc3Oc3ccccc31)c1cc(-n3c4ccc(C#N)cc4c4ccncc43)cnc1-2. The van der Waals surface area contributed by atoms with Crippen LogP contribution in [0.4, 0.5) is 5.69 Å². The second kappa shape index (κ2) is 11.0. The summed E-state index contributed by atoms with van der Waals surface area (Å²) in [4.78, 5) is 18.8. The maximum absolute atomic E-state index is 9.78. The molecule has 0 saturated heterocycles. The standard InChI is InChI=1S/C48H25N7O/c1-50-29-15-17-42-35(21-29)32-8-2-5-11-40(32)54(42)30-22-38-46(52-25-30)47-39(48(38)36-9-3-6-12-44(36)56-45-13-7-4-10-37(45)48)23-31(26-53-47)55-41-16-14-28(24-49)20-34(41)33-18-19-51-27-43(33)55/h2-23,25-27H. The molecular formula is C48H25N7O. The second-order valence-electron chi connectivity index (χ2n) is 14.3. The number of ether oxygens (including phenoxy) is 1. The molecular weight excluding hydrogens is 691 g/mol. The number of hydrogen-bond donors (Lipinski definition) is 0. The lowest BCUT2D eigenvalue weighted by Gasteiger charge is -2.39. The van der Waals surface area contributed by atoms with Crippen LogP contribution in [0.5, 0.6) is 11.5 Å². The summed E-state index contributed by atoms with van der Waals surface area (Å²) in [5.74, 6) is 1.55. The Balaban J connectivity index is 1.19. The highest BCUT2D eigenvalue weighted by atomic mass is 16.5. The molecule has 1 aliphatic carbocycles. The third-order valence-electron chi connectivity index (χ3n) is 11.6. The highest BCUT2D eigenvalue weighted by molar-refractivity contribution is 6.11. The van der Waals surface area contributed by atoms with Crippen molar-refractivity contribution < 1.29 is 4.74 Å². The van der Waals surface area contributed by atoms with E-state index in [9.17, 15) is 5.26 Å². The summed E-state index contributed by atoms with van der Waals surface area (Å²) < 4.78 is 11.1. The summed E-state index contributed by atoms with van der Waals surface area (Å²) in [5.41, 5.74) is 11.6. The molecule has 8 heteroatoms. The van der Waals surface area contributed by atoms with E-state index in [0.717, 1.165) is 100 Å². The number of para-hydroxylation sites is 3. The fraction of sp³-hybridized carbons (Fsp3) is 0.0208. The Kier molecular flexibility index (Phi) is 5.96. The van der Waals surface area contributed by atoms with Crippen molar-refractivity contribution in [1.82, 2.24) is 24.1 Å². The normalized spacial score (nSPS) is 13.2. The molecule has 2 aliphatic rings. The third kappa shape index (κ3) is 3.81. The second-order valence-corrected chi connectivity index (χ2v) is 14.3. The van der Waals surface area contributed by atoms with E-state index in [1.54, 1.807) is 6.20 Å². The molecule has 6 heterocycles. The van der Waals surface area contributed by atoms with Gasteiger partial charge in [0.2, 0.25) is 0 Å². The van der Waals surface area contributed by atoms with E-state index in [2.05, 4.69) is 73.6 Å². The quantitative estimate of drug-likeness (QED) is 0.166. The lowest BCUT2D eigenvalue weighted by Crippen LogP contribution is -2.32. The average molecular weight is 716 g/mol. The first kappa shape index (κ1) is 30.4. The minimum atomic E-state index is -0.844. The van der Waals surface area contributed by atoms with Crippen LogP contribution in [0.3, 0.4) is 0 Å². The van der Waals surface area contributed by atoms with Gasteiger partial charge in [-0.2, -0.15) is 5.26 Å². The number of nitrogens with zero attached hydrogens (tertiary/aromatic N) is 7. The van der Waals surface area contributed by atoms with Crippen LogP contribution in [0.2, 0.25) is 0 Å². The molecule has 8 nitrogen and oxygen atoms in total. The fourth-order valence-corrected chi connectivity index (χ4v) is 9.35. The Bertz CT molecular complexity index is 3220. The Morgan fingerprint density at radius 1 is 0.571 bits per heavy atom. The average Bonchev–Trinajstić information content (AvgIpc) is 3.87. The lowest BCUT2D eigenvalue weighted by atomic mass is 9.66. The molecule has 258 valence electrons. The summed E-state index contributed by atoms with van der Waals surface area (Å²) in [7, 11) is 0. The maximum Gasteiger partial charge on any atom is 0.188 e. The van der Waals surface area contributed by atoms with Gasteiger partial charge in [-0.05, 0) is 72.1 Å². The van der Waals surface area contributed by atoms with Crippen LogP contribution >= 0.6 is 0 Å². The van der Waals surface area contributed by atoms with Gasteiger partial charge in [-0.1, -0.05) is 60.7 Å². The van der Waals surface area contributed by atoms with Gasteiger partial charge in [0.25, 0.3) is 0 Å². The van der Waals surface area contributed by atoms with Gasteiger partial charge in [0, 0.05) is 44.6 Å². The van der Waals surface area contributed by atoms with Crippen LogP contribution in [0.1, 0.15) is 27.8 Å². The lowest BCUT2D eigenvalue weighted by molar-refractivity contribution is 0.436. The number of pyridine rings is 3. The molecule has 0 fully saturated rings. The molecule has 0 amide bonds. The van der Waals surface area contributed by atoms with Gasteiger partial charge in [0.05, 0.1) is 87.0 Å². The zero-order valence-corrected chi connectivity index (χ0v) is 29.5. The largest absolute Gasteiger partial charge is 0.457 e. The highest BCUT2D eigenvalue weighted by Crippen LogP contribution is 2.61. The highest BCUT2D eigenvalue weighted by Gasteiger charge is 2.53. The summed E-state index contributed by atoms with van der Waals surface area (Å²) >= 11 is 0. The first-order valence-corrected chi connectivity index (χ1v) is 18.3. The first-order valence-electron chi connectivity index (χ1n) is 18.3. The summed E-state index contributed by atoms with van der Waals surface area (Å²) in [5, 5.41) is 13.9. The topological polar surface area (TPSA) is 85.9 Å². The summed E-state index contributed by atoms with van der Waals surface area (Å²) in [6, 6.07) is 45.4. The van der Waals surface area contributed by atoms with Gasteiger partial charge < -0.3 is 13.9 Å².